The van der Waals surface area contributed by atoms with E-state index in [-0.39, 0.29) is 18.9 Å². The molecule has 3 rings (SSSR count). The van der Waals surface area contributed by atoms with Crippen LogP contribution in [0.3, 0.4) is 0 Å². The molecule has 0 unspecified atom stereocenters. The Morgan fingerprint density at radius 2 is 1.77 bits per heavy atom. The molecule has 1 aliphatic heterocycles. The van der Waals surface area contributed by atoms with E-state index >= 15 is 0 Å². The minimum Gasteiger partial charge on any atom is -0.292 e. The van der Waals surface area contributed by atoms with E-state index in [2.05, 4.69) is 10.9 Å². The van der Waals surface area contributed by atoms with Crippen LogP contribution in [0, 0.1) is 0 Å². The van der Waals surface area contributed by atoms with Crippen molar-refractivity contribution in [3.63, 3.8) is 0 Å². The Morgan fingerprint density at radius 3 is 2.48 bits per heavy atom. The van der Waals surface area contributed by atoms with Gasteiger partial charge in [0.15, 0.2) is 0 Å². The number of hydrazine groups is 1. The van der Waals surface area contributed by atoms with Crippen molar-refractivity contribution in [2.75, 3.05) is 6.54 Å². The van der Waals surface area contributed by atoms with E-state index in [9.17, 15) is 14.4 Å². The summed E-state index contributed by atoms with van der Waals surface area (Å²) in [6, 6.07) is 16.0. The summed E-state index contributed by atoms with van der Waals surface area (Å²) >= 11 is 12.2. The third-order valence-electron chi connectivity index (χ3n) is 4.19. The van der Waals surface area contributed by atoms with E-state index < -0.39 is 11.8 Å². The van der Waals surface area contributed by atoms with Crippen LogP contribution >= 0.6 is 35.6 Å². The molecule has 3 amide bonds. The van der Waals surface area contributed by atoms with Gasteiger partial charge in [0.25, 0.3) is 11.8 Å². The number of benzene rings is 2. The summed E-state index contributed by atoms with van der Waals surface area (Å²) < 4.78 is 0.391. The topological polar surface area (TPSA) is 78.5 Å². The van der Waals surface area contributed by atoms with Crippen LogP contribution in [0.2, 0.25) is 5.02 Å². The lowest BCUT2D eigenvalue weighted by Crippen LogP contribution is -2.43. The van der Waals surface area contributed by atoms with Crippen LogP contribution in [-0.4, -0.2) is 33.5 Å². The third-order valence-corrected chi connectivity index (χ3v) is 5.84. The van der Waals surface area contributed by atoms with E-state index in [4.69, 9.17) is 23.8 Å². The lowest BCUT2D eigenvalue weighted by Gasteiger charge is -2.14. The molecule has 2 aromatic carbocycles. The summed E-state index contributed by atoms with van der Waals surface area (Å²) in [7, 11) is 0. The van der Waals surface area contributed by atoms with Gasteiger partial charge in [-0.05, 0) is 35.9 Å². The molecule has 0 bridgehead atoms. The van der Waals surface area contributed by atoms with Gasteiger partial charge in [-0.3, -0.25) is 30.1 Å². The fraction of sp³-hybridized carbons (Fsp3) is 0.0909. The molecule has 1 aliphatic rings. The number of thiocarbonyl (C=S) groups is 1. The second-order valence-electron chi connectivity index (χ2n) is 6.38. The SMILES string of the molecule is O=C(CCN1C(=O)C(=CC=Cc2ccccc2)SC1=S)NNC(=O)c1ccc(Cl)cc1. The van der Waals surface area contributed by atoms with E-state index in [1.165, 1.54) is 16.7 Å². The van der Waals surface area contributed by atoms with Gasteiger partial charge in [-0.1, -0.05) is 78.1 Å². The molecule has 0 saturated carbocycles. The molecule has 1 saturated heterocycles. The molecule has 9 heteroatoms. The minimum atomic E-state index is -0.469. The van der Waals surface area contributed by atoms with Gasteiger partial charge in [-0.2, -0.15) is 0 Å². The number of nitrogens with one attached hydrogen (secondary N) is 2. The lowest BCUT2D eigenvalue weighted by atomic mass is 10.2. The maximum absolute atomic E-state index is 12.6. The average Bonchev–Trinajstić information content (AvgIpc) is 3.04. The molecule has 1 fully saturated rings. The van der Waals surface area contributed by atoms with Crippen molar-refractivity contribution in [3.8, 4) is 0 Å². The summed E-state index contributed by atoms with van der Waals surface area (Å²) in [4.78, 5) is 38.5. The van der Waals surface area contributed by atoms with Gasteiger partial charge in [0.2, 0.25) is 5.91 Å². The van der Waals surface area contributed by atoms with Crippen molar-refractivity contribution < 1.29 is 14.4 Å². The summed E-state index contributed by atoms with van der Waals surface area (Å²) in [5, 5.41) is 0.508. The molecule has 31 heavy (non-hydrogen) atoms. The van der Waals surface area contributed by atoms with E-state index in [1.807, 2.05) is 36.4 Å². The zero-order valence-corrected chi connectivity index (χ0v) is 18.6. The Bertz CT molecular complexity index is 1050. The number of allylic oxidation sites excluding steroid dienone is 2. The molecule has 0 spiro atoms. The van der Waals surface area contributed by atoms with Crippen molar-refractivity contribution in [2.24, 2.45) is 0 Å². The Hall–Kier alpha value is -2.94. The molecular formula is C22H18ClN3O3S2. The first-order chi connectivity index (χ1) is 14.9. The van der Waals surface area contributed by atoms with Crippen molar-refractivity contribution in [1.82, 2.24) is 15.8 Å². The van der Waals surface area contributed by atoms with Crippen molar-refractivity contribution in [1.29, 1.82) is 0 Å². The molecular weight excluding hydrogens is 454 g/mol. The van der Waals surface area contributed by atoms with Gasteiger partial charge in [0, 0.05) is 23.6 Å². The zero-order valence-electron chi connectivity index (χ0n) is 16.2. The van der Waals surface area contributed by atoms with E-state index in [0.29, 0.717) is 19.8 Å². The van der Waals surface area contributed by atoms with E-state index in [1.54, 1.807) is 36.4 Å². The number of hydrogen-bond donors (Lipinski definition) is 2. The number of amides is 3. The van der Waals surface area contributed by atoms with Crippen molar-refractivity contribution in [3.05, 3.63) is 87.8 Å². The fourth-order valence-electron chi connectivity index (χ4n) is 2.59. The first-order valence-corrected chi connectivity index (χ1v) is 10.9. The van der Waals surface area contributed by atoms with Crippen LogP contribution in [0.1, 0.15) is 22.3 Å². The predicted molar refractivity (Wildman–Crippen MR) is 127 cm³/mol. The summed E-state index contributed by atoms with van der Waals surface area (Å²) in [5.41, 5.74) is 6.03. The van der Waals surface area contributed by atoms with Gasteiger partial charge in [0.1, 0.15) is 4.32 Å². The van der Waals surface area contributed by atoms with Crippen LogP contribution in [0.25, 0.3) is 6.08 Å². The first kappa shape index (κ1) is 22.7. The second kappa shape index (κ2) is 10.9. The maximum Gasteiger partial charge on any atom is 0.269 e. The number of rotatable bonds is 6. The smallest absolute Gasteiger partial charge is 0.269 e. The third kappa shape index (κ3) is 6.52. The number of carbonyl (C=O) groups is 3. The highest BCUT2D eigenvalue weighted by molar-refractivity contribution is 8.26. The highest BCUT2D eigenvalue weighted by atomic mass is 35.5. The fourth-order valence-corrected chi connectivity index (χ4v) is 3.98. The molecule has 2 N–H and O–H groups in total. The highest BCUT2D eigenvalue weighted by Crippen LogP contribution is 2.31. The highest BCUT2D eigenvalue weighted by Gasteiger charge is 2.31. The van der Waals surface area contributed by atoms with Crippen LogP contribution in [0.4, 0.5) is 0 Å². The molecule has 0 radical (unpaired) electrons. The predicted octanol–water partition coefficient (Wildman–Crippen LogP) is 3.95. The Balaban J connectivity index is 1.47. The minimum absolute atomic E-state index is 0.0134. The Labute approximate surface area is 194 Å². The molecule has 2 aromatic rings. The number of carbonyl (C=O) groups excluding carboxylic acids is 3. The molecule has 0 atom stereocenters. The monoisotopic (exact) mass is 471 g/mol. The lowest BCUT2D eigenvalue weighted by molar-refractivity contribution is -0.124. The first-order valence-electron chi connectivity index (χ1n) is 9.26. The second-order valence-corrected chi connectivity index (χ2v) is 8.50. The summed E-state index contributed by atoms with van der Waals surface area (Å²) in [6.45, 7) is 0.118. The normalized spacial score (nSPS) is 15.0. The van der Waals surface area contributed by atoms with Gasteiger partial charge in [-0.15, -0.1) is 0 Å². The van der Waals surface area contributed by atoms with Crippen molar-refractivity contribution in [2.45, 2.75) is 6.42 Å². The average molecular weight is 472 g/mol. The number of nitrogens with zero attached hydrogens (tertiary/aromatic N) is 1. The van der Waals surface area contributed by atoms with Crippen LogP contribution < -0.4 is 10.9 Å². The molecule has 6 nitrogen and oxygen atoms in total. The van der Waals surface area contributed by atoms with Gasteiger partial charge >= 0.3 is 0 Å². The van der Waals surface area contributed by atoms with E-state index in [0.717, 1.165) is 5.56 Å². The number of thioether (sulfide) groups is 1. The summed E-state index contributed by atoms with van der Waals surface area (Å²) in [5.74, 6) is -1.15. The molecule has 0 aromatic heterocycles. The Morgan fingerprint density at radius 1 is 1.06 bits per heavy atom. The van der Waals surface area contributed by atoms with Gasteiger partial charge in [0.05, 0.1) is 4.91 Å². The quantitative estimate of drug-likeness (QED) is 0.379. The maximum atomic E-state index is 12.6. The van der Waals surface area contributed by atoms with Gasteiger partial charge in [-0.25, -0.2) is 0 Å². The number of hydrogen-bond acceptors (Lipinski definition) is 5. The molecule has 158 valence electrons. The number of halogens is 1. The molecule has 0 aliphatic carbocycles. The van der Waals surface area contributed by atoms with Crippen molar-refractivity contribution >= 4 is 63.7 Å². The zero-order chi connectivity index (χ0) is 22.2. The van der Waals surface area contributed by atoms with Crippen LogP contribution in [0.5, 0.6) is 0 Å². The standard InChI is InChI=1S/C22H18ClN3O3S2/c23-17-11-9-16(10-12-17)20(28)25-24-19(27)13-14-26-21(29)18(31-22(26)30)8-4-7-15-5-2-1-3-6-15/h1-12H,13-14H2,(H,24,27)(H,25,28). The van der Waals surface area contributed by atoms with Gasteiger partial charge < -0.3 is 0 Å². The largest absolute Gasteiger partial charge is 0.292 e. The summed E-state index contributed by atoms with van der Waals surface area (Å²) in [6.07, 6.45) is 5.38. The van der Waals surface area contributed by atoms with Crippen LogP contribution in [0.15, 0.2) is 71.7 Å². The van der Waals surface area contributed by atoms with Crippen LogP contribution in [-0.2, 0) is 9.59 Å². The molecule has 1 heterocycles. The Kier molecular flexibility index (Phi) is 8.00.